The molecule has 0 spiro atoms. The van der Waals surface area contributed by atoms with Gasteiger partial charge in [0, 0.05) is 13.1 Å². The number of likely N-dealkylation sites (N-methyl/N-ethyl adjacent to an activating group) is 1. The highest BCUT2D eigenvalue weighted by Gasteiger charge is 2.13. The molecule has 0 amide bonds. The predicted molar refractivity (Wildman–Crippen MR) is 77.6 cm³/mol. The zero-order valence-electron chi connectivity index (χ0n) is 11.2. The Morgan fingerprint density at radius 3 is 2.16 bits per heavy atom. The van der Waals surface area contributed by atoms with E-state index in [0.29, 0.717) is 0 Å². The van der Waals surface area contributed by atoms with Gasteiger partial charge in [-0.1, -0.05) is 60.7 Å². The van der Waals surface area contributed by atoms with Crippen LogP contribution in [0.5, 0.6) is 0 Å². The molecule has 0 bridgehead atoms. The molecule has 1 atom stereocenters. The summed E-state index contributed by atoms with van der Waals surface area (Å²) in [6, 6.07) is 22.7. The largest absolute Gasteiger partial charge is 0.300 e. The van der Waals surface area contributed by atoms with Gasteiger partial charge in [-0.15, -0.1) is 0 Å². The summed E-state index contributed by atoms with van der Waals surface area (Å²) >= 11 is 0. The summed E-state index contributed by atoms with van der Waals surface area (Å²) in [4.78, 5) is 2.19. The second-order valence-electron chi connectivity index (χ2n) is 4.77. The van der Waals surface area contributed by atoms with E-state index in [1.165, 1.54) is 5.56 Å². The quantitative estimate of drug-likeness (QED) is 0.813. The van der Waals surface area contributed by atoms with E-state index >= 15 is 0 Å². The van der Waals surface area contributed by atoms with Gasteiger partial charge in [-0.05, 0) is 18.2 Å². The third-order valence-corrected chi connectivity index (χ3v) is 3.15. The molecule has 0 saturated carbocycles. The molecular weight excluding hydrogens is 232 g/mol. The van der Waals surface area contributed by atoms with Gasteiger partial charge in [-0.3, -0.25) is 0 Å². The molecule has 0 heterocycles. The van der Waals surface area contributed by atoms with Crippen molar-refractivity contribution in [3.8, 4) is 6.07 Å². The van der Waals surface area contributed by atoms with E-state index in [1.807, 2.05) is 48.5 Å². The lowest BCUT2D eigenvalue weighted by molar-refractivity contribution is 0.320. The Hall–Kier alpha value is -2.11. The zero-order chi connectivity index (χ0) is 13.5. The van der Waals surface area contributed by atoms with E-state index in [2.05, 4.69) is 30.1 Å². The Morgan fingerprint density at radius 1 is 1.00 bits per heavy atom. The van der Waals surface area contributed by atoms with Crippen LogP contribution in [0.25, 0.3) is 0 Å². The molecule has 2 heteroatoms. The first-order valence-corrected chi connectivity index (χ1v) is 6.46. The van der Waals surface area contributed by atoms with Crippen LogP contribution in [0.2, 0.25) is 0 Å². The molecule has 0 aromatic heterocycles. The minimum Gasteiger partial charge on any atom is -0.300 e. The van der Waals surface area contributed by atoms with E-state index in [9.17, 15) is 5.26 Å². The smallest absolute Gasteiger partial charge is 0.0839 e. The molecule has 2 rings (SSSR count). The fraction of sp³-hybridized carbons (Fsp3) is 0.235. The van der Waals surface area contributed by atoms with Crippen LogP contribution in [-0.4, -0.2) is 18.5 Å². The summed E-state index contributed by atoms with van der Waals surface area (Å²) in [6.07, 6.45) is 0. The predicted octanol–water partition coefficient (Wildman–Crippen LogP) is 3.43. The Bertz CT molecular complexity index is 528. The highest BCUT2D eigenvalue weighted by Crippen LogP contribution is 2.16. The van der Waals surface area contributed by atoms with E-state index in [4.69, 9.17) is 0 Å². The first-order valence-electron chi connectivity index (χ1n) is 6.46. The van der Waals surface area contributed by atoms with E-state index in [0.717, 1.165) is 18.7 Å². The number of hydrogen-bond acceptors (Lipinski definition) is 2. The van der Waals surface area contributed by atoms with Gasteiger partial charge in [-0.25, -0.2) is 0 Å². The van der Waals surface area contributed by atoms with Crippen molar-refractivity contribution in [1.82, 2.24) is 4.90 Å². The number of rotatable bonds is 5. The van der Waals surface area contributed by atoms with Gasteiger partial charge in [0.1, 0.15) is 0 Å². The molecule has 19 heavy (non-hydrogen) atoms. The molecule has 2 aromatic carbocycles. The summed E-state index contributed by atoms with van der Waals surface area (Å²) in [6.45, 7) is 1.61. The van der Waals surface area contributed by atoms with Crippen LogP contribution >= 0.6 is 0 Å². The van der Waals surface area contributed by atoms with Crippen molar-refractivity contribution < 1.29 is 0 Å². The highest BCUT2D eigenvalue weighted by atomic mass is 15.1. The maximum absolute atomic E-state index is 9.32. The standard InChI is InChI=1S/C17H18N2/c1-19(13-15-8-4-2-5-9-15)14-17(12-18)16-10-6-3-7-11-16/h2-11,17H,13-14H2,1H3. The van der Waals surface area contributed by atoms with Crippen molar-refractivity contribution >= 4 is 0 Å². The average Bonchev–Trinajstić information content (AvgIpc) is 2.47. The minimum atomic E-state index is -0.0742. The van der Waals surface area contributed by atoms with Crippen molar-refractivity contribution in [2.75, 3.05) is 13.6 Å². The maximum Gasteiger partial charge on any atom is 0.0839 e. The molecule has 0 N–H and O–H groups in total. The molecule has 2 aromatic rings. The Balaban J connectivity index is 1.98. The maximum atomic E-state index is 9.32. The molecule has 0 aliphatic carbocycles. The summed E-state index contributed by atoms with van der Waals surface area (Å²) in [5, 5.41) is 9.32. The number of nitrogens with zero attached hydrogens (tertiary/aromatic N) is 2. The van der Waals surface area contributed by atoms with Gasteiger partial charge < -0.3 is 4.90 Å². The lowest BCUT2D eigenvalue weighted by Crippen LogP contribution is -2.23. The molecular formula is C17H18N2. The van der Waals surface area contributed by atoms with E-state index < -0.39 is 0 Å². The minimum absolute atomic E-state index is 0.0742. The number of nitriles is 1. The Kier molecular flexibility index (Phi) is 4.72. The Morgan fingerprint density at radius 2 is 1.58 bits per heavy atom. The average molecular weight is 250 g/mol. The van der Waals surface area contributed by atoms with Gasteiger partial charge >= 0.3 is 0 Å². The van der Waals surface area contributed by atoms with Crippen LogP contribution in [0, 0.1) is 11.3 Å². The zero-order valence-corrected chi connectivity index (χ0v) is 11.2. The first kappa shape index (κ1) is 13.3. The lowest BCUT2D eigenvalue weighted by atomic mass is 10.00. The molecule has 2 nitrogen and oxygen atoms in total. The summed E-state index contributed by atoms with van der Waals surface area (Å²) in [7, 11) is 2.06. The van der Waals surface area contributed by atoms with Crippen molar-refractivity contribution in [1.29, 1.82) is 5.26 Å². The molecule has 0 saturated heterocycles. The third-order valence-electron chi connectivity index (χ3n) is 3.15. The lowest BCUT2D eigenvalue weighted by Gasteiger charge is -2.20. The van der Waals surface area contributed by atoms with Gasteiger partial charge in [0.05, 0.1) is 12.0 Å². The number of benzene rings is 2. The van der Waals surface area contributed by atoms with E-state index in [1.54, 1.807) is 0 Å². The van der Waals surface area contributed by atoms with Crippen molar-refractivity contribution in [3.63, 3.8) is 0 Å². The molecule has 0 fully saturated rings. The van der Waals surface area contributed by atoms with Crippen molar-refractivity contribution in [2.45, 2.75) is 12.5 Å². The second kappa shape index (κ2) is 6.72. The van der Waals surface area contributed by atoms with E-state index in [-0.39, 0.29) is 5.92 Å². The first-order chi connectivity index (χ1) is 9.29. The fourth-order valence-electron chi connectivity index (χ4n) is 2.18. The van der Waals surface area contributed by atoms with Crippen molar-refractivity contribution in [2.24, 2.45) is 0 Å². The van der Waals surface area contributed by atoms with Crippen molar-refractivity contribution in [3.05, 3.63) is 71.8 Å². The molecule has 0 aliphatic rings. The van der Waals surface area contributed by atoms with Gasteiger partial charge in [-0.2, -0.15) is 5.26 Å². The van der Waals surface area contributed by atoms with Gasteiger partial charge in [0.15, 0.2) is 0 Å². The van der Waals surface area contributed by atoms with Crippen LogP contribution in [0.15, 0.2) is 60.7 Å². The highest BCUT2D eigenvalue weighted by molar-refractivity contribution is 5.25. The Labute approximate surface area is 114 Å². The number of hydrogen-bond donors (Lipinski definition) is 0. The molecule has 96 valence electrons. The summed E-state index contributed by atoms with van der Waals surface area (Å²) in [5.74, 6) is -0.0742. The molecule has 0 aliphatic heterocycles. The SMILES string of the molecule is CN(Cc1ccccc1)CC(C#N)c1ccccc1. The van der Waals surface area contributed by atoms with Crippen LogP contribution in [0.4, 0.5) is 0 Å². The third kappa shape index (κ3) is 3.94. The van der Waals surface area contributed by atoms with Crippen LogP contribution in [-0.2, 0) is 6.54 Å². The molecule has 1 unspecified atom stereocenters. The fourth-order valence-corrected chi connectivity index (χ4v) is 2.18. The monoisotopic (exact) mass is 250 g/mol. The van der Waals surface area contributed by atoms with Crippen LogP contribution < -0.4 is 0 Å². The summed E-state index contributed by atoms with van der Waals surface area (Å²) < 4.78 is 0. The van der Waals surface area contributed by atoms with Gasteiger partial charge in [0.25, 0.3) is 0 Å². The second-order valence-corrected chi connectivity index (χ2v) is 4.77. The van der Waals surface area contributed by atoms with Gasteiger partial charge in [0.2, 0.25) is 0 Å². The molecule has 0 radical (unpaired) electrons. The topological polar surface area (TPSA) is 27.0 Å². The van der Waals surface area contributed by atoms with Crippen LogP contribution in [0.1, 0.15) is 17.0 Å². The summed E-state index contributed by atoms with van der Waals surface area (Å²) in [5.41, 5.74) is 2.36. The normalized spacial score (nSPS) is 12.1. The van der Waals surface area contributed by atoms with Crippen LogP contribution in [0.3, 0.4) is 0 Å².